The van der Waals surface area contributed by atoms with Crippen molar-refractivity contribution in [3.8, 4) is 11.3 Å². The van der Waals surface area contributed by atoms with Gasteiger partial charge in [0.2, 0.25) is 0 Å². The Morgan fingerprint density at radius 1 is 1.13 bits per heavy atom. The fourth-order valence-electron chi connectivity index (χ4n) is 1.92. The van der Waals surface area contributed by atoms with Crippen molar-refractivity contribution >= 4 is 44.8 Å². The molecule has 23 heavy (non-hydrogen) atoms. The summed E-state index contributed by atoms with van der Waals surface area (Å²) in [5, 5.41) is 1.98. The fourth-order valence-corrected chi connectivity index (χ4v) is 3.92. The monoisotopic (exact) mass is 407 g/mol. The van der Waals surface area contributed by atoms with Crippen LogP contribution in [0, 0.1) is 5.82 Å². The van der Waals surface area contributed by atoms with E-state index in [0.29, 0.717) is 11.3 Å². The molecule has 0 aliphatic rings. The van der Waals surface area contributed by atoms with Gasteiger partial charge in [0.1, 0.15) is 5.82 Å². The summed E-state index contributed by atoms with van der Waals surface area (Å²) in [7, 11) is 0. The summed E-state index contributed by atoms with van der Waals surface area (Å²) in [4.78, 5) is 16.6. The van der Waals surface area contributed by atoms with Crippen LogP contribution in [0.5, 0.6) is 0 Å². The number of carbonyl (C=O) groups is 1. The molecule has 2 nitrogen and oxygen atoms in total. The van der Waals surface area contributed by atoms with Crippen LogP contribution >= 0.6 is 39.0 Å². The predicted octanol–water partition coefficient (Wildman–Crippen LogP) is 5.69. The highest BCUT2D eigenvalue weighted by molar-refractivity contribution is 9.10. The van der Waals surface area contributed by atoms with Gasteiger partial charge in [-0.15, -0.1) is 11.3 Å². The maximum Gasteiger partial charge on any atom is 0.173 e. The molecule has 0 saturated heterocycles. The molecule has 1 heterocycles. The Balaban J connectivity index is 1.64. The van der Waals surface area contributed by atoms with Gasteiger partial charge in [-0.2, -0.15) is 0 Å². The lowest BCUT2D eigenvalue weighted by atomic mass is 10.1. The van der Waals surface area contributed by atoms with Gasteiger partial charge in [0.15, 0.2) is 10.1 Å². The van der Waals surface area contributed by atoms with E-state index in [0.717, 1.165) is 20.1 Å². The third-order valence-electron chi connectivity index (χ3n) is 3.12. The molecule has 2 aromatic carbocycles. The molecule has 0 amide bonds. The topological polar surface area (TPSA) is 30.0 Å². The van der Waals surface area contributed by atoms with Gasteiger partial charge in [-0.05, 0) is 36.4 Å². The molecule has 6 heteroatoms. The Hall–Kier alpha value is -1.50. The van der Waals surface area contributed by atoms with E-state index < -0.39 is 0 Å². The number of aromatic nitrogens is 1. The lowest BCUT2D eigenvalue weighted by Crippen LogP contribution is -2.02. The fraction of sp³-hybridized carbons (Fsp3) is 0.0588. The van der Waals surface area contributed by atoms with Crippen molar-refractivity contribution in [2.24, 2.45) is 0 Å². The van der Waals surface area contributed by atoms with Crippen molar-refractivity contribution in [2.75, 3.05) is 5.75 Å². The van der Waals surface area contributed by atoms with E-state index in [1.807, 2.05) is 29.6 Å². The van der Waals surface area contributed by atoms with Crippen LogP contribution in [0.2, 0.25) is 0 Å². The molecule has 0 atom stereocenters. The minimum absolute atomic E-state index is 0.0320. The molecule has 1 aromatic heterocycles. The van der Waals surface area contributed by atoms with E-state index in [4.69, 9.17) is 0 Å². The lowest BCUT2D eigenvalue weighted by molar-refractivity contribution is 0.102. The number of nitrogens with zero attached hydrogens (tertiary/aromatic N) is 1. The van der Waals surface area contributed by atoms with E-state index >= 15 is 0 Å². The van der Waals surface area contributed by atoms with Gasteiger partial charge in [-0.3, -0.25) is 4.79 Å². The van der Waals surface area contributed by atoms with Gasteiger partial charge < -0.3 is 0 Å². The molecule has 3 rings (SSSR count). The van der Waals surface area contributed by atoms with Crippen LogP contribution in [0.15, 0.2) is 62.7 Å². The maximum absolute atomic E-state index is 12.9. The second-order valence-electron chi connectivity index (χ2n) is 4.72. The third-order valence-corrected chi connectivity index (χ3v) is 5.67. The van der Waals surface area contributed by atoms with Crippen molar-refractivity contribution in [2.45, 2.75) is 4.34 Å². The number of Topliss-reactive ketones (excluding diaryl/α,β-unsaturated/α-hetero) is 1. The second-order valence-corrected chi connectivity index (χ2v) is 7.72. The predicted molar refractivity (Wildman–Crippen MR) is 96.7 cm³/mol. The molecule has 0 saturated carbocycles. The van der Waals surface area contributed by atoms with Crippen LogP contribution in [0.4, 0.5) is 4.39 Å². The van der Waals surface area contributed by atoms with E-state index in [1.165, 1.54) is 47.4 Å². The number of ketones is 1. The van der Waals surface area contributed by atoms with E-state index in [2.05, 4.69) is 20.9 Å². The molecule has 0 fully saturated rings. The zero-order chi connectivity index (χ0) is 16.2. The maximum atomic E-state index is 12.9. The first kappa shape index (κ1) is 16.4. The zero-order valence-electron chi connectivity index (χ0n) is 11.8. The Labute approximate surface area is 149 Å². The van der Waals surface area contributed by atoms with Crippen LogP contribution in [-0.4, -0.2) is 16.5 Å². The summed E-state index contributed by atoms with van der Waals surface area (Å²) in [6, 6.07) is 13.5. The highest BCUT2D eigenvalue weighted by atomic mass is 79.9. The summed E-state index contributed by atoms with van der Waals surface area (Å²) in [5.74, 6) is -0.0810. The Kier molecular flexibility index (Phi) is 5.25. The summed E-state index contributed by atoms with van der Waals surface area (Å²) in [5.41, 5.74) is 2.46. The molecule has 0 spiro atoms. The minimum atomic E-state index is -0.340. The summed E-state index contributed by atoms with van der Waals surface area (Å²) >= 11 is 6.32. The quantitative estimate of drug-likeness (QED) is 0.402. The number of rotatable bonds is 5. The molecule has 0 aliphatic heterocycles. The number of halogens is 2. The van der Waals surface area contributed by atoms with Crippen molar-refractivity contribution in [1.82, 2.24) is 4.98 Å². The molecule has 0 bridgehead atoms. The smallest absolute Gasteiger partial charge is 0.173 e. The highest BCUT2D eigenvalue weighted by Crippen LogP contribution is 2.29. The van der Waals surface area contributed by atoms with E-state index in [-0.39, 0.29) is 11.6 Å². The molecule has 0 unspecified atom stereocenters. The molecule has 0 radical (unpaired) electrons. The number of carbonyl (C=O) groups excluding carboxylic acids is 1. The van der Waals surface area contributed by atoms with Crippen LogP contribution in [0.25, 0.3) is 11.3 Å². The molecular weight excluding hydrogens is 397 g/mol. The SMILES string of the molecule is O=C(CSc1nc(-c2ccc(Br)cc2)cs1)c1ccc(F)cc1. The van der Waals surface area contributed by atoms with Crippen molar-refractivity contribution < 1.29 is 9.18 Å². The largest absolute Gasteiger partial charge is 0.293 e. The number of thioether (sulfide) groups is 1. The number of hydrogen-bond donors (Lipinski definition) is 0. The second kappa shape index (κ2) is 7.38. The molecule has 3 aromatic rings. The van der Waals surface area contributed by atoms with E-state index in [1.54, 1.807) is 0 Å². The number of hydrogen-bond acceptors (Lipinski definition) is 4. The van der Waals surface area contributed by atoms with Gasteiger partial charge >= 0.3 is 0 Å². The number of benzene rings is 2. The molecule has 0 N–H and O–H groups in total. The van der Waals surface area contributed by atoms with Gasteiger partial charge in [0.25, 0.3) is 0 Å². The van der Waals surface area contributed by atoms with Crippen molar-refractivity contribution in [3.63, 3.8) is 0 Å². The first-order valence-electron chi connectivity index (χ1n) is 6.75. The number of thiazole rings is 1. The average molecular weight is 408 g/mol. The normalized spacial score (nSPS) is 10.7. The Morgan fingerprint density at radius 2 is 1.83 bits per heavy atom. The van der Waals surface area contributed by atoms with E-state index in [9.17, 15) is 9.18 Å². The Morgan fingerprint density at radius 3 is 2.52 bits per heavy atom. The first-order valence-corrected chi connectivity index (χ1v) is 9.41. The average Bonchev–Trinajstić information content (AvgIpc) is 3.03. The summed E-state index contributed by atoms with van der Waals surface area (Å²) < 4.78 is 14.7. The van der Waals surface area contributed by atoms with Crippen LogP contribution < -0.4 is 0 Å². The van der Waals surface area contributed by atoms with Gasteiger partial charge in [0.05, 0.1) is 11.4 Å². The van der Waals surface area contributed by atoms with Crippen LogP contribution in [0.3, 0.4) is 0 Å². The first-order chi connectivity index (χ1) is 11.1. The van der Waals surface area contributed by atoms with Crippen LogP contribution in [0.1, 0.15) is 10.4 Å². The Bertz CT molecular complexity index is 815. The van der Waals surface area contributed by atoms with Gasteiger partial charge in [-0.1, -0.05) is 39.8 Å². The van der Waals surface area contributed by atoms with Gasteiger partial charge in [-0.25, -0.2) is 9.37 Å². The molecule has 116 valence electrons. The third kappa shape index (κ3) is 4.28. The standard InChI is InChI=1S/C17H11BrFNOS2/c18-13-5-1-11(2-6-13)15-9-22-17(20-15)23-10-16(21)12-3-7-14(19)8-4-12/h1-9H,10H2. The molecular formula is C17H11BrFNOS2. The van der Waals surface area contributed by atoms with Crippen LogP contribution in [-0.2, 0) is 0 Å². The van der Waals surface area contributed by atoms with Gasteiger partial charge in [0, 0.05) is 21.0 Å². The zero-order valence-corrected chi connectivity index (χ0v) is 15.1. The van der Waals surface area contributed by atoms with Crippen molar-refractivity contribution in [1.29, 1.82) is 0 Å². The summed E-state index contributed by atoms with van der Waals surface area (Å²) in [6.45, 7) is 0. The summed E-state index contributed by atoms with van der Waals surface area (Å²) in [6.07, 6.45) is 0. The lowest BCUT2D eigenvalue weighted by Gasteiger charge is -1.99. The van der Waals surface area contributed by atoms with Crippen molar-refractivity contribution in [3.05, 3.63) is 69.8 Å². The minimum Gasteiger partial charge on any atom is -0.293 e. The molecule has 0 aliphatic carbocycles. The highest BCUT2D eigenvalue weighted by Gasteiger charge is 2.10.